The van der Waals surface area contributed by atoms with Crippen molar-refractivity contribution >= 4 is 24.1 Å². The standard InChI is InChI=1S/C27H37NO5.C26H35NO5/c1-7-32-24(29)27(5,19-31-6)18-23(28-25(30)33-26(2,3)4)17-20-13-15-22(16-14-20)21-11-9-8-10-12-21;1-6-31-23(29)26(5,18-28)17-22(27-24(30)32-25(2,3)4)16-19-12-14-21(15-13-19)20-10-8-7-9-11-20/h8-16,23H,7,17-19H2,1-6H3,(H,28,30);7-15,22,28H,6,16-18H2,1-5H3,(H,27,30)/t23-,27+;22-,26+/m11/s1. The maximum atomic E-state index is 12.7. The van der Waals surface area contributed by atoms with Crippen molar-refractivity contribution in [2.24, 2.45) is 10.8 Å². The Hall–Kier alpha value is -5.72. The highest BCUT2D eigenvalue weighted by Crippen LogP contribution is 2.30. The largest absolute Gasteiger partial charge is 0.466 e. The summed E-state index contributed by atoms with van der Waals surface area (Å²) in [7, 11) is 1.55. The molecule has 12 nitrogen and oxygen atoms in total. The van der Waals surface area contributed by atoms with Gasteiger partial charge in [-0.25, -0.2) is 9.59 Å². The molecule has 0 bridgehead atoms. The molecule has 2 amide bonds. The van der Waals surface area contributed by atoms with Crippen molar-refractivity contribution in [3.8, 4) is 22.3 Å². The monoisotopic (exact) mass is 897 g/mol. The van der Waals surface area contributed by atoms with Crippen LogP contribution in [0.5, 0.6) is 0 Å². The van der Waals surface area contributed by atoms with Crippen LogP contribution in [0.3, 0.4) is 0 Å². The van der Waals surface area contributed by atoms with E-state index in [1.807, 2.05) is 106 Å². The normalized spacial score (nSPS) is 14.2. The predicted octanol–water partition coefficient (Wildman–Crippen LogP) is 10.1. The number of aliphatic hydroxyl groups is 1. The summed E-state index contributed by atoms with van der Waals surface area (Å²) in [5, 5.41) is 15.8. The summed E-state index contributed by atoms with van der Waals surface area (Å²) in [6, 6.07) is 35.7. The first-order valence-corrected chi connectivity index (χ1v) is 22.3. The van der Waals surface area contributed by atoms with E-state index < -0.39 is 46.2 Å². The zero-order chi connectivity index (χ0) is 48.3. The van der Waals surface area contributed by atoms with Gasteiger partial charge < -0.3 is 39.4 Å². The van der Waals surface area contributed by atoms with E-state index in [2.05, 4.69) is 34.9 Å². The molecule has 0 unspecified atom stereocenters. The molecule has 0 radical (unpaired) electrons. The number of hydrogen-bond acceptors (Lipinski definition) is 10. The first-order valence-electron chi connectivity index (χ1n) is 22.3. The minimum absolute atomic E-state index is 0.186. The minimum atomic E-state index is -1.14. The number of nitrogens with one attached hydrogen (secondary N) is 2. The van der Waals surface area contributed by atoms with Gasteiger partial charge in [-0.2, -0.15) is 0 Å². The van der Waals surface area contributed by atoms with Crippen LogP contribution in [0.25, 0.3) is 22.3 Å². The molecule has 0 saturated heterocycles. The third-order valence-electron chi connectivity index (χ3n) is 10.3. The summed E-state index contributed by atoms with van der Waals surface area (Å²) in [5.41, 5.74) is 3.20. The lowest BCUT2D eigenvalue weighted by Gasteiger charge is -2.31. The van der Waals surface area contributed by atoms with Crippen LogP contribution in [0.2, 0.25) is 0 Å². The molecule has 65 heavy (non-hydrogen) atoms. The number of aliphatic hydroxyl groups excluding tert-OH is 1. The van der Waals surface area contributed by atoms with Gasteiger partial charge in [-0.05, 0) is 128 Å². The van der Waals surface area contributed by atoms with E-state index in [-0.39, 0.29) is 44.9 Å². The van der Waals surface area contributed by atoms with E-state index in [1.165, 1.54) is 0 Å². The van der Waals surface area contributed by atoms with Gasteiger partial charge in [-0.3, -0.25) is 9.59 Å². The molecule has 0 saturated carbocycles. The van der Waals surface area contributed by atoms with Gasteiger partial charge in [-0.1, -0.05) is 109 Å². The molecule has 4 aromatic rings. The molecule has 4 aromatic carbocycles. The number of ether oxygens (including phenoxy) is 5. The molecule has 0 aliphatic carbocycles. The fourth-order valence-electron chi connectivity index (χ4n) is 7.22. The van der Waals surface area contributed by atoms with Crippen LogP contribution >= 0.6 is 0 Å². The highest BCUT2D eigenvalue weighted by molar-refractivity contribution is 5.77. The third-order valence-corrected chi connectivity index (χ3v) is 10.3. The Labute approximate surface area is 386 Å². The molecule has 354 valence electrons. The molecule has 3 N–H and O–H groups in total. The molecule has 0 aliphatic rings. The van der Waals surface area contributed by atoms with Gasteiger partial charge in [0.1, 0.15) is 11.2 Å². The lowest BCUT2D eigenvalue weighted by Crippen LogP contribution is -2.46. The number of amides is 2. The molecule has 0 aliphatic heterocycles. The Bertz CT molecular complexity index is 2060. The van der Waals surface area contributed by atoms with Gasteiger partial charge in [0, 0.05) is 19.2 Å². The molecular formula is C53H72N2O10. The van der Waals surface area contributed by atoms with Crippen LogP contribution in [-0.2, 0) is 46.1 Å². The van der Waals surface area contributed by atoms with E-state index in [1.54, 1.807) is 55.6 Å². The van der Waals surface area contributed by atoms with Crippen LogP contribution in [0.1, 0.15) is 93.2 Å². The minimum Gasteiger partial charge on any atom is -0.466 e. The summed E-state index contributed by atoms with van der Waals surface area (Å²) in [6.45, 7) is 18.1. The Kier molecular flexibility index (Phi) is 20.7. The van der Waals surface area contributed by atoms with Crippen LogP contribution in [0.4, 0.5) is 9.59 Å². The van der Waals surface area contributed by atoms with Crippen molar-refractivity contribution in [2.45, 2.75) is 118 Å². The second kappa shape index (κ2) is 25.1. The van der Waals surface area contributed by atoms with Gasteiger partial charge >= 0.3 is 24.1 Å². The summed E-state index contributed by atoms with van der Waals surface area (Å²) in [4.78, 5) is 50.2. The van der Waals surface area contributed by atoms with E-state index in [0.717, 1.165) is 33.4 Å². The SMILES string of the molecule is CCOC(=O)[C@](C)(CO)C[C@@H](Cc1ccc(-c2ccccc2)cc1)NC(=O)OC(C)(C)C.CCOC(=O)[C@](C)(COC)C[C@@H](Cc1ccc(-c2ccccc2)cc1)NC(=O)OC(C)(C)C. The van der Waals surface area contributed by atoms with Crippen LogP contribution in [-0.4, -0.2) is 86.1 Å². The summed E-state index contributed by atoms with van der Waals surface area (Å²) >= 11 is 0. The first kappa shape index (κ1) is 53.6. The quantitative estimate of drug-likeness (QED) is 0.0611. The van der Waals surface area contributed by atoms with Crippen molar-refractivity contribution in [3.63, 3.8) is 0 Å². The maximum Gasteiger partial charge on any atom is 0.407 e. The number of hydrogen-bond donors (Lipinski definition) is 3. The molecule has 0 aromatic heterocycles. The van der Waals surface area contributed by atoms with Crippen molar-refractivity contribution in [1.29, 1.82) is 0 Å². The number of esters is 2. The predicted molar refractivity (Wildman–Crippen MR) is 255 cm³/mol. The van der Waals surface area contributed by atoms with Gasteiger partial charge in [0.15, 0.2) is 0 Å². The fraction of sp³-hybridized carbons (Fsp3) is 0.472. The van der Waals surface area contributed by atoms with Crippen LogP contribution in [0.15, 0.2) is 109 Å². The van der Waals surface area contributed by atoms with Gasteiger partial charge in [0.25, 0.3) is 0 Å². The number of alkyl carbamates (subject to hydrolysis) is 2. The molecule has 12 heteroatoms. The lowest BCUT2D eigenvalue weighted by molar-refractivity contribution is -0.159. The highest BCUT2D eigenvalue weighted by atomic mass is 16.6. The average Bonchev–Trinajstić information content (AvgIpc) is 3.24. The molecular weight excluding hydrogens is 825 g/mol. The zero-order valence-corrected chi connectivity index (χ0v) is 40.3. The van der Waals surface area contributed by atoms with Crippen molar-refractivity contribution in [1.82, 2.24) is 10.6 Å². The van der Waals surface area contributed by atoms with Gasteiger partial charge in [0.05, 0.1) is 37.3 Å². The van der Waals surface area contributed by atoms with Crippen LogP contribution in [0, 0.1) is 10.8 Å². The second-order valence-electron chi connectivity index (χ2n) is 18.8. The third kappa shape index (κ3) is 18.7. The fourth-order valence-corrected chi connectivity index (χ4v) is 7.22. The zero-order valence-electron chi connectivity index (χ0n) is 40.3. The topological polar surface area (TPSA) is 159 Å². The number of carbonyl (C=O) groups is 4. The summed E-state index contributed by atoms with van der Waals surface area (Å²) in [6.07, 6.45) is 0.488. The van der Waals surface area contributed by atoms with Crippen molar-refractivity contribution < 1.29 is 48.0 Å². The molecule has 4 rings (SSSR count). The summed E-state index contributed by atoms with van der Waals surface area (Å²) in [5.74, 6) is -0.833. The van der Waals surface area contributed by atoms with Crippen molar-refractivity contribution in [2.75, 3.05) is 33.5 Å². The Morgan fingerprint density at radius 3 is 1.18 bits per heavy atom. The van der Waals surface area contributed by atoms with E-state index >= 15 is 0 Å². The van der Waals surface area contributed by atoms with Gasteiger partial charge in [0.2, 0.25) is 0 Å². The molecule has 0 fully saturated rings. The number of benzene rings is 4. The Balaban J connectivity index is 0.000000345. The van der Waals surface area contributed by atoms with E-state index in [9.17, 15) is 24.3 Å². The average molecular weight is 897 g/mol. The molecule has 4 atom stereocenters. The van der Waals surface area contributed by atoms with Crippen LogP contribution < -0.4 is 10.6 Å². The number of methoxy groups -OCH3 is 1. The smallest absolute Gasteiger partial charge is 0.407 e. The van der Waals surface area contributed by atoms with E-state index in [4.69, 9.17) is 23.7 Å². The maximum absolute atomic E-state index is 12.7. The first-order chi connectivity index (χ1) is 30.6. The highest BCUT2D eigenvalue weighted by Gasteiger charge is 2.39. The number of carbonyl (C=O) groups excluding carboxylic acids is 4. The lowest BCUT2D eigenvalue weighted by atomic mass is 9.82. The van der Waals surface area contributed by atoms with E-state index in [0.29, 0.717) is 19.3 Å². The molecule has 0 heterocycles. The van der Waals surface area contributed by atoms with Gasteiger partial charge in [-0.15, -0.1) is 0 Å². The summed E-state index contributed by atoms with van der Waals surface area (Å²) < 4.78 is 26.7. The Morgan fingerprint density at radius 1 is 0.523 bits per heavy atom. The second-order valence-corrected chi connectivity index (χ2v) is 18.8. The molecule has 0 spiro atoms. The van der Waals surface area contributed by atoms with Crippen molar-refractivity contribution in [3.05, 3.63) is 120 Å². The number of rotatable bonds is 19. The Morgan fingerprint density at radius 2 is 0.862 bits per heavy atom.